The molecule has 0 aliphatic carbocycles. The summed E-state index contributed by atoms with van der Waals surface area (Å²) in [6.45, 7) is 1.68. The van der Waals surface area contributed by atoms with Gasteiger partial charge < -0.3 is 14.6 Å². The van der Waals surface area contributed by atoms with Gasteiger partial charge in [0, 0.05) is 12.0 Å². The van der Waals surface area contributed by atoms with Crippen molar-refractivity contribution in [2.75, 3.05) is 7.11 Å². The molecule has 0 aliphatic rings. The molecular formula is C8H11O4-. The highest BCUT2D eigenvalue weighted by molar-refractivity contribution is 5.81. The molecule has 4 nitrogen and oxygen atoms in total. The predicted molar refractivity (Wildman–Crippen MR) is 39.9 cm³/mol. The first-order chi connectivity index (χ1) is 5.56. The van der Waals surface area contributed by atoms with E-state index in [-0.39, 0.29) is 12.3 Å². The molecule has 0 aliphatic heterocycles. The first-order valence-corrected chi connectivity index (χ1v) is 3.52. The van der Waals surface area contributed by atoms with Crippen LogP contribution in [-0.2, 0) is 14.3 Å². The highest BCUT2D eigenvalue weighted by atomic mass is 16.5. The minimum absolute atomic E-state index is 0.0898. The van der Waals surface area contributed by atoms with Gasteiger partial charge in [0.05, 0.1) is 7.11 Å². The van der Waals surface area contributed by atoms with Crippen LogP contribution < -0.4 is 5.11 Å². The van der Waals surface area contributed by atoms with Crippen molar-refractivity contribution < 1.29 is 19.4 Å². The smallest absolute Gasteiger partial charge is 0.330 e. The molecule has 0 amide bonds. The zero-order valence-electron chi connectivity index (χ0n) is 7.07. The van der Waals surface area contributed by atoms with Gasteiger partial charge in [-0.2, -0.15) is 0 Å². The summed E-state index contributed by atoms with van der Waals surface area (Å²) in [7, 11) is 1.26. The van der Waals surface area contributed by atoms with Crippen LogP contribution >= 0.6 is 0 Å². The van der Waals surface area contributed by atoms with Crippen LogP contribution in [0.25, 0.3) is 0 Å². The number of methoxy groups -OCH3 is 1. The molecule has 1 atom stereocenters. The maximum Gasteiger partial charge on any atom is 0.330 e. The second-order valence-electron chi connectivity index (χ2n) is 2.44. The van der Waals surface area contributed by atoms with Crippen LogP contribution in [-0.4, -0.2) is 19.0 Å². The van der Waals surface area contributed by atoms with Gasteiger partial charge in [0.2, 0.25) is 0 Å². The molecule has 0 bridgehead atoms. The average Bonchev–Trinajstić information content (AvgIpc) is 1.99. The minimum Gasteiger partial charge on any atom is -0.550 e. The quantitative estimate of drug-likeness (QED) is 0.422. The Balaban J connectivity index is 3.82. The number of hydrogen-bond acceptors (Lipinski definition) is 4. The van der Waals surface area contributed by atoms with Gasteiger partial charge in [-0.1, -0.05) is 13.0 Å². The van der Waals surface area contributed by atoms with Crippen LogP contribution in [0.1, 0.15) is 13.3 Å². The largest absolute Gasteiger partial charge is 0.550 e. The first kappa shape index (κ1) is 10.7. The highest BCUT2D eigenvalue weighted by Crippen LogP contribution is 2.01. The van der Waals surface area contributed by atoms with Crippen LogP contribution in [0.4, 0.5) is 0 Å². The van der Waals surface area contributed by atoms with Gasteiger partial charge in [-0.3, -0.25) is 0 Å². The van der Waals surface area contributed by atoms with Crippen LogP contribution in [0.2, 0.25) is 0 Å². The summed E-state index contributed by atoms with van der Waals surface area (Å²) >= 11 is 0. The first-order valence-electron chi connectivity index (χ1n) is 3.52. The molecule has 0 aromatic heterocycles. The van der Waals surface area contributed by atoms with Crippen molar-refractivity contribution in [3.8, 4) is 0 Å². The molecular weight excluding hydrogens is 160 g/mol. The van der Waals surface area contributed by atoms with Gasteiger partial charge >= 0.3 is 5.97 Å². The summed E-state index contributed by atoms with van der Waals surface area (Å²) < 4.78 is 4.32. The van der Waals surface area contributed by atoms with Gasteiger partial charge in [-0.25, -0.2) is 4.79 Å². The number of rotatable bonds is 4. The van der Waals surface area contributed by atoms with Crippen molar-refractivity contribution in [3.63, 3.8) is 0 Å². The van der Waals surface area contributed by atoms with Crippen LogP contribution in [0.3, 0.4) is 0 Å². The van der Waals surface area contributed by atoms with Gasteiger partial charge in [0.1, 0.15) is 0 Å². The molecule has 0 rings (SSSR count). The number of carbonyl (C=O) groups is 2. The van der Waals surface area contributed by atoms with Gasteiger partial charge in [0.15, 0.2) is 0 Å². The second kappa shape index (κ2) is 5.35. The zero-order chi connectivity index (χ0) is 9.56. The molecule has 68 valence electrons. The lowest BCUT2D eigenvalue weighted by molar-refractivity contribution is -0.306. The van der Waals surface area contributed by atoms with Gasteiger partial charge in [-0.15, -0.1) is 0 Å². The topological polar surface area (TPSA) is 66.4 Å². The number of aliphatic carboxylic acids is 1. The predicted octanol–water partition coefficient (Wildman–Crippen LogP) is -0.508. The Morgan fingerprint density at radius 3 is 2.58 bits per heavy atom. The summed E-state index contributed by atoms with van der Waals surface area (Å²) in [4.78, 5) is 20.6. The maximum atomic E-state index is 10.5. The lowest BCUT2D eigenvalue weighted by Gasteiger charge is -2.05. The monoisotopic (exact) mass is 171 g/mol. The lowest BCUT2D eigenvalue weighted by atomic mass is 10.1. The van der Waals surface area contributed by atoms with Crippen molar-refractivity contribution >= 4 is 11.9 Å². The standard InChI is InChI=1S/C8H12O4/c1-6(5-7(9)10)3-4-8(11)12-2/h3-4,6H,5H2,1-2H3,(H,9,10)/p-1/t6-/m1/s1. The van der Waals surface area contributed by atoms with Crippen LogP contribution in [0.5, 0.6) is 0 Å². The third kappa shape index (κ3) is 5.46. The number of carboxylic acids is 1. The Morgan fingerprint density at radius 2 is 2.17 bits per heavy atom. The van der Waals surface area contributed by atoms with E-state index >= 15 is 0 Å². The second-order valence-corrected chi connectivity index (χ2v) is 2.44. The Bertz CT molecular complexity index is 195. The number of allylic oxidation sites excluding steroid dienone is 1. The third-order valence-corrected chi connectivity index (χ3v) is 1.25. The van der Waals surface area contributed by atoms with E-state index in [1.807, 2.05) is 0 Å². The van der Waals surface area contributed by atoms with Crippen molar-refractivity contribution in [2.24, 2.45) is 5.92 Å². The molecule has 0 fully saturated rings. The van der Waals surface area contributed by atoms with E-state index in [1.165, 1.54) is 19.3 Å². The molecule has 12 heavy (non-hydrogen) atoms. The number of ether oxygens (including phenoxy) is 1. The van der Waals surface area contributed by atoms with Crippen molar-refractivity contribution in [1.29, 1.82) is 0 Å². The maximum absolute atomic E-state index is 10.5. The minimum atomic E-state index is -1.13. The lowest BCUT2D eigenvalue weighted by Crippen LogP contribution is -2.23. The number of esters is 1. The molecule has 0 N–H and O–H groups in total. The molecule has 0 saturated heterocycles. The van der Waals surface area contributed by atoms with E-state index < -0.39 is 11.9 Å². The van der Waals surface area contributed by atoms with Crippen molar-refractivity contribution in [1.82, 2.24) is 0 Å². The Hall–Kier alpha value is -1.32. The SMILES string of the molecule is COC(=O)C=C[C@@H](C)CC(=O)[O-]. The summed E-state index contributed by atoms with van der Waals surface area (Å²) in [5.41, 5.74) is 0. The van der Waals surface area contributed by atoms with E-state index in [9.17, 15) is 14.7 Å². The molecule has 0 aromatic rings. The van der Waals surface area contributed by atoms with Crippen molar-refractivity contribution in [3.05, 3.63) is 12.2 Å². The van der Waals surface area contributed by atoms with E-state index in [0.29, 0.717) is 0 Å². The fourth-order valence-electron chi connectivity index (χ4n) is 0.642. The third-order valence-electron chi connectivity index (χ3n) is 1.25. The number of carboxylic acid groups (broad SMARTS) is 1. The molecule has 0 aromatic carbocycles. The zero-order valence-corrected chi connectivity index (χ0v) is 7.07. The Kier molecular flexibility index (Phi) is 4.76. The summed E-state index contributed by atoms with van der Waals surface area (Å²) in [5, 5.41) is 10.1. The normalized spacial score (nSPS) is 12.8. The molecule has 0 spiro atoms. The summed E-state index contributed by atoms with van der Waals surface area (Å²) in [6, 6.07) is 0. The molecule has 0 unspecified atom stereocenters. The average molecular weight is 171 g/mol. The van der Waals surface area contributed by atoms with Crippen LogP contribution in [0, 0.1) is 5.92 Å². The summed E-state index contributed by atoms with van der Waals surface area (Å²) in [6.07, 6.45) is 2.59. The van der Waals surface area contributed by atoms with Crippen LogP contribution in [0.15, 0.2) is 12.2 Å². The fraction of sp³-hybridized carbons (Fsp3) is 0.500. The van der Waals surface area contributed by atoms with E-state index in [0.717, 1.165) is 0 Å². The molecule has 4 heteroatoms. The fourth-order valence-corrected chi connectivity index (χ4v) is 0.642. The van der Waals surface area contributed by atoms with Crippen molar-refractivity contribution in [2.45, 2.75) is 13.3 Å². The van der Waals surface area contributed by atoms with E-state index in [1.54, 1.807) is 6.92 Å². The van der Waals surface area contributed by atoms with E-state index in [4.69, 9.17) is 0 Å². The number of carbonyl (C=O) groups excluding carboxylic acids is 2. The number of hydrogen-bond donors (Lipinski definition) is 0. The highest BCUT2D eigenvalue weighted by Gasteiger charge is 1.98. The molecule has 0 radical (unpaired) electrons. The van der Waals surface area contributed by atoms with Gasteiger partial charge in [0.25, 0.3) is 0 Å². The van der Waals surface area contributed by atoms with E-state index in [2.05, 4.69) is 4.74 Å². The summed E-state index contributed by atoms with van der Waals surface area (Å²) in [5.74, 6) is -1.83. The van der Waals surface area contributed by atoms with Gasteiger partial charge in [-0.05, 0) is 12.3 Å². The molecule has 0 saturated carbocycles. The Morgan fingerprint density at radius 1 is 1.58 bits per heavy atom. The Labute approximate surface area is 70.8 Å². The molecule has 0 heterocycles.